The van der Waals surface area contributed by atoms with Crippen molar-refractivity contribution in [3.8, 4) is 0 Å². The minimum atomic E-state index is -3.60. The molecule has 1 saturated heterocycles. The predicted octanol–water partition coefficient (Wildman–Crippen LogP) is 2.52. The maximum absolute atomic E-state index is 13.2. The van der Waals surface area contributed by atoms with Crippen molar-refractivity contribution >= 4 is 44.5 Å². The zero-order valence-corrected chi connectivity index (χ0v) is 18.6. The molecule has 154 valence electrons. The van der Waals surface area contributed by atoms with Crippen LogP contribution in [0.1, 0.15) is 27.4 Å². The molecular formula is C18H20ClN5O3S2. The van der Waals surface area contributed by atoms with Crippen molar-refractivity contribution in [1.29, 1.82) is 0 Å². The molecule has 0 radical (unpaired) electrons. The van der Waals surface area contributed by atoms with E-state index in [1.165, 1.54) is 10.4 Å². The number of sulfonamides is 1. The van der Waals surface area contributed by atoms with E-state index < -0.39 is 10.0 Å². The first kappa shape index (κ1) is 20.3. The van der Waals surface area contributed by atoms with Gasteiger partial charge in [-0.3, -0.25) is 4.79 Å². The maximum Gasteiger partial charge on any atom is 0.259 e. The van der Waals surface area contributed by atoms with Crippen LogP contribution in [0.15, 0.2) is 22.4 Å². The van der Waals surface area contributed by atoms with Crippen molar-refractivity contribution in [3.05, 3.63) is 45.2 Å². The molecular weight excluding hydrogens is 434 g/mol. The van der Waals surface area contributed by atoms with E-state index in [0.717, 1.165) is 22.7 Å². The highest BCUT2D eigenvalue weighted by Gasteiger charge is 2.33. The molecule has 29 heavy (non-hydrogen) atoms. The van der Waals surface area contributed by atoms with Gasteiger partial charge in [0.2, 0.25) is 0 Å². The first-order valence-corrected chi connectivity index (χ1v) is 11.7. The minimum absolute atomic E-state index is 0.175. The molecule has 1 aliphatic rings. The molecule has 11 heteroatoms. The van der Waals surface area contributed by atoms with Crippen molar-refractivity contribution in [2.45, 2.75) is 25.0 Å². The van der Waals surface area contributed by atoms with Crippen molar-refractivity contribution in [2.24, 2.45) is 0 Å². The summed E-state index contributed by atoms with van der Waals surface area (Å²) in [5, 5.41) is 4.46. The van der Waals surface area contributed by atoms with Gasteiger partial charge in [0.25, 0.3) is 15.9 Å². The number of thiophene rings is 1. The number of hydrogen-bond acceptors (Lipinski definition) is 6. The fourth-order valence-electron chi connectivity index (χ4n) is 3.53. The zero-order chi connectivity index (χ0) is 20.9. The zero-order valence-electron chi connectivity index (χ0n) is 16.2. The second kappa shape index (κ2) is 7.35. The molecule has 0 aliphatic carbocycles. The average Bonchev–Trinajstić information content (AvgIpc) is 3.25. The molecule has 8 nitrogen and oxygen atoms in total. The van der Waals surface area contributed by atoms with E-state index in [0.29, 0.717) is 34.3 Å². The molecule has 1 amide bonds. The molecule has 0 aromatic carbocycles. The van der Waals surface area contributed by atoms with Crippen molar-refractivity contribution in [2.75, 3.05) is 26.2 Å². The normalized spacial score (nSPS) is 15.9. The standard InChI is InChI=1S/C18H20ClN5O3S2/c1-11-10-12(2)24-17(20-11)16(13(3)21-24)18(25)22-6-8-23(9-7-22)29(26,27)15-5-4-14(19)28-15/h4-5,10H,6-9H2,1-3H3. The van der Waals surface area contributed by atoms with Gasteiger partial charge in [0.05, 0.1) is 10.0 Å². The summed E-state index contributed by atoms with van der Waals surface area (Å²) in [6.07, 6.45) is 0. The van der Waals surface area contributed by atoms with Crippen LogP contribution in [0, 0.1) is 20.8 Å². The average molecular weight is 454 g/mol. The van der Waals surface area contributed by atoms with Gasteiger partial charge >= 0.3 is 0 Å². The summed E-state index contributed by atoms with van der Waals surface area (Å²) in [5.74, 6) is -0.175. The van der Waals surface area contributed by atoms with Crippen LogP contribution >= 0.6 is 22.9 Å². The van der Waals surface area contributed by atoms with Gasteiger partial charge in [0.1, 0.15) is 9.77 Å². The van der Waals surface area contributed by atoms with E-state index in [-0.39, 0.29) is 23.2 Å². The molecule has 4 rings (SSSR count). The fraction of sp³-hybridized carbons (Fsp3) is 0.389. The number of aryl methyl sites for hydroxylation is 3. The van der Waals surface area contributed by atoms with Crippen LogP contribution in [-0.4, -0.2) is 64.3 Å². The van der Waals surface area contributed by atoms with Gasteiger partial charge in [-0.1, -0.05) is 11.6 Å². The van der Waals surface area contributed by atoms with Crippen molar-refractivity contribution in [1.82, 2.24) is 23.8 Å². The lowest BCUT2D eigenvalue weighted by Crippen LogP contribution is -2.50. The Bertz CT molecular complexity index is 1210. The number of hydrogen-bond donors (Lipinski definition) is 0. The number of aromatic nitrogens is 3. The monoisotopic (exact) mass is 453 g/mol. The summed E-state index contributed by atoms with van der Waals surface area (Å²) in [5.41, 5.74) is 3.33. The molecule has 0 atom stereocenters. The largest absolute Gasteiger partial charge is 0.336 e. The van der Waals surface area contributed by atoms with Gasteiger partial charge in [0, 0.05) is 37.6 Å². The first-order valence-electron chi connectivity index (χ1n) is 9.07. The molecule has 3 aromatic rings. The molecule has 4 heterocycles. The topological polar surface area (TPSA) is 87.9 Å². The quantitative estimate of drug-likeness (QED) is 0.608. The lowest BCUT2D eigenvalue weighted by molar-refractivity contribution is 0.0699. The molecule has 1 fully saturated rings. The first-order chi connectivity index (χ1) is 13.7. The molecule has 0 N–H and O–H groups in total. The Labute approximate surface area is 177 Å². The van der Waals surface area contributed by atoms with E-state index in [4.69, 9.17) is 11.6 Å². The highest BCUT2D eigenvalue weighted by Crippen LogP contribution is 2.29. The molecule has 0 unspecified atom stereocenters. The Morgan fingerprint density at radius 3 is 2.45 bits per heavy atom. The summed E-state index contributed by atoms with van der Waals surface area (Å²) >= 11 is 6.92. The maximum atomic E-state index is 13.2. The number of nitrogens with zero attached hydrogens (tertiary/aromatic N) is 5. The number of carbonyl (C=O) groups is 1. The summed E-state index contributed by atoms with van der Waals surface area (Å²) < 4.78 is 29.2. The SMILES string of the molecule is Cc1cc(C)n2nc(C)c(C(=O)N3CCN(S(=O)(=O)c4ccc(Cl)s4)CC3)c2n1. The second-order valence-corrected chi connectivity index (χ2v) is 10.9. The van der Waals surface area contributed by atoms with Crippen LogP contribution in [-0.2, 0) is 10.0 Å². The summed E-state index contributed by atoms with van der Waals surface area (Å²) in [6.45, 7) is 6.66. The third-order valence-electron chi connectivity index (χ3n) is 4.95. The molecule has 1 aliphatic heterocycles. The van der Waals surface area contributed by atoms with Gasteiger partial charge in [-0.25, -0.2) is 17.9 Å². The van der Waals surface area contributed by atoms with Gasteiger partial charge in [-0.05, 0) is 39.0 Å². The highest BCUT2D eigenvalue weighted by atomic mass is 35.5. The number of rotatable bonds is 3. The minimum Gasteiger partial charge on any atom is -0.336 e. The number of carbonyl (C=O) groups excluding carboxylic acids is 1. The van der Waals surface area contributed by atoms with E-state index in [2.05, 4.69) is 10.1 Å². The molecule has 0 spiro atoms. The molecule has 0 saturated carbocycles. The van der Waals surface area contributed by atoms with Crippen molar-refractivity contribution in [3.63, 3.8) is 0 Å². The van der Waals surface area contributed by atoms with Crippen LogP contribution in [0.3, 0.4) is 0 Å². The van der Waals surface area contributed by atoms with Crippen molar-refractivity contribution < 1.29 is 13.2 Å². The van der Waals surface area contributed by atoms with Crippen LogP contribution in [0.25, 0.3) is 5.65 Å². The van der Waals surface area contributed by atoms with Gasteiger partial charge in [-0.2, -0.15) is 9.40 Å². The number of fused-ring (bicyclic) bond motifs is 1. The van der Waals surface area contributed by atoms with E-state index in [1.807, 2.05) is 19.9 Å². The lowest BCUT2D eigenvalue weighted by atomic mass is 10.2. The molecule has 3 aromatic heterocycles. The number of piperazine rings is 1. The van der Waals surface area contributed by atoms with E-state index in [9.17, 15) is 13.2 Å². The van der Waals surface area contributed by atoms with Crippen LogP contribution in [0.4, 0.5) is 0 Å². The third-order valence-corrected chi connectivity index (χ3v) is 8.55. The van der Waals surface area contributed by atoms with Crippen LogP contribution in [0.2, 0.25) is 4.34 Å². The Morgan fingerprint density at radius 2 is 1.83 bits per heavy atom. The fourth-order valence-corrected chi connectivity index (χ4v) is 6.59. The van der Waals surface area contributed by atoms with Crippen LogP contribution < -0.4 is 0 Å². The van der Waals surface area contributed by atoms with E-state index >= 15 is 0 Å². The third kappa shape index (κ3) is 3.54. The number of halogens is 1. The molecule has 0 bridgehead atoms. The smallest absolute Gasteiger partial charge is 0.259 e. The summed E-state index contributed by atoms with van der Waals surface area (Å²) in [6, 6.07) is 5.00. The second-order valence-electron chi connectivity index (χ2n) is 6.99. The highest BCUT2D eigenvalue weighted by molar-refractivity contribution is 7.91. The summed E-state index contributed by atoms with van der Waals surface area (Å²) in [4.78, 5) is 19.4. The lowest BCUT2D eigenvalue weighted by Gasteiger charge is -2.33. The Morgan fingerprint density at radius 1 is 1.14 bits per heavy atom. The number of amides is 1. The summed E-state index contributed by atoms with van der Waals surface area (Å²) in [7, 11) is -3.60. The van der Waals surface area contributed by atoms with Gasteiger partial charge in [-0.15, -0.1) is 11.3 Å². The Balaban J connectivity index is 1.56. The Kier molecular flexibility index (Phi) is 5.14. The van der Waals surface area contributed by atoms with Gasteiger partial charge in [0.15, 0.2) is 5.65 Å². The van der Waals surface area contributed by atoms with Crippen LogP contribution in [0.5, 0.6) is 0 Å². The Hall–Kier alpha value is -2.01. The predicted molar refractivity (Wildman–Crippen MR) is 111 cm³/mol. The van der Waals surface area contributed by atoms with E-state index in [1.54, 1.807) is 22.4 Å². The van der Waals surface area contributed by atoms with Gasteiger partial charge < -0.3 is 4.90 Å².